The van der Waals surface area contributed by atoms with Gasteiger partial charge >= 0.3 is 0 Å². The van der Waals surface area contributed by atoms with E-state index in [0.717, 1.165) is 18.4 Å². The smallest absolute Gasteiger partial charge is 0.179 e. The second-order valence-electron chi connectivity index (χ2n) is 3.96. The SMILES string of the molecule is CCCCCCOc1ccc(CN)c(Br)c1F. The minimum atomic E-state index is -0.358. The molecular weight excluding hydrogens is 285 g/mol. The molecule has 0 radical (unpaired) electrons. The van der Waals surface area contributed by atoms with Crippen molar-refractivity contribution >= 4 is 15.9 Å². The van der Waals surface area contributed by atoms with Crippen LogP contribution in [0, 0.1) is 5.82 Å². The Kier molecular flexibility index (Phi) is 6.52. The van der Waals surface area contributed by atoms with E-state index in [4.69, 9.17) is 10.5 Å². The molecule has 0 spiro atoms. The molecule has 96 valence electrons. The molecule has 0 aliphatic rings. The first-order valence-electron chi connectivity index (χ1n) is 6.00. The van der Waals surface area contributed by atoms with Crippen LogP contribution in [0.25, 0.3) is 0 Å². The summed E-state index contributed by atoms with van der Waals surface area (Å²) >= 11 is 3.19. The number of rotatable bonds is 7. The highest BCUT2D eigenvalue weighted by Gasteiger charge is 2.11. The quantitative estimate of drug-likeness (QED) is 0.773. The van der Waals surface area contributed by atoms with Crippen molar-refractivity contribution in [3.05, 3.63) is 28.0 Å². The molecular formula is C13H19BrFNO. The monoisotopic (exact) mass is 303 g/mol. The molecule has 0 aromatic heterocycles. The van der Waals surface area contributed by atoms with Crippen LogP contribution in [0.5, 0.6) is 5.75 Å². The minimum absolute atomic E-state index is 0.297. The molecule has 2 N–H and O–H groups in total. The highest BCUT2D eigenvalue weighted by Crippen LogP contribution is 2.28. The molecule has 0 fully saturated rings. The highest BCUT2D eigenvalue weighted by molar-refractivity contribution is 9.10. The van der Waals surface area contributed by atoms with Gasteiger partial charge in [0.15, 0.2) is 11.6 Å². The van der Waals surface area contributed by atoms with Crippen LogP contribution in [0.4, 0.5) is 4.39 Å². The van der Waals surface area contributed by atoms with Gasteiger partial charge in [-0.3, -0.25) is 0 Å². The van der Waals surface area contributed by atoms with Gasteiger partial charge in [-0.1, -0.05) is 32.3 Å². The lowest BCUT2D eigenvalue weighted by molar-refractivity contribution is 0.290. The molecule has 1 rings (SSSR count). The van der Waals surface area contributed by atoms with Gasteiger partial charge in [-0.25, -0.2) is 4.39 Å². The number of nitrogens with two attached hydrogens (primary N) is 1. The van der Waals surface area contributed by atoms with Crippen LogP contribution in [0.1, 0.15) is 38.2 Å². The average Bonchev–Trinajstić information content (AvgIpc) is 2.34. The fraction of sp³-hybridized carbons (Fsp3) is 0.538. The Labute approximate surface area is 110 Å². The Morgan fingerprint density at radius 1 is 1.29 bits per heavy atom. The summed E-state index contributed by atoms with van der Waals surface area (Å²) in [5, 5.41) is 0. The fourth-order valence-corrected chi connectivity index (χ4v) is 2.04. The first-order valence-corrected chi connectivity index (χ1v) is 6.79. The number of hydrogen-bond acceptors (Lipinski definition) is 2. The van der Waals surface area contributed by atoms with Gasteiger partial charge in [-0.2, -0.15) is 0 Å². The molecule has 0 saturated carbocycles. The molecule has 0 bridgehead atoms. The third-order valence-corrected chi connectivity index (χ3v) is 3.46. The summed E-state index contributed by atoms with van der Waals surface area (Å²) in [7, 11) is 0. The van der Waals surface area contributed by atoms with Crippen LogP contribution in [-0.2, 0) is 6.54 Å². The normalized spacial score (nSPS) is 10.6. The van der Waals surface area contributed by atoms with Gasteiger partial charge in [0.05, 0.1) is 11.1 Å². The van der Waals surface area contributed by atoms with Gasteiger partial charge in [0.25, 0.3) is 0 Å². The average molecular weight is 304 g/mol. The Bertz CT molecular complexity index is 358. The van der Waals surface area contributed by atoms with Crippen LogP contribution in [0.15, 0.2) is 16.6 Å². The van der Waals surface area contributed by atoms with Gasteiger partial charge < -0.3 is 10.5 Å². The van der Waals surface area contributed by atoms with E-state index in [1.165, 1.54) is 12.8 Å². The van der Waals surface area contributed by atoms with Gasteiger partial charge in [0.1, 0.15) is 0 Å². The number of benzene rings is 1. The maximum absolute atomic E-state index is 13.8. The molecule has 1 aromatic rings. The van der Waals surface area contributed by atoms with Crippen molar-refractivity contribution in [2.24, 2.45) is 5.73 Å². The molecule has 2 nitrogen and oxygen atoms in total. The van der Waals surface area contributed by atoms with Crippen molar-refractivity contribution in [3.8, 4) is 5.75 Å². The summed E-state index contributed by atoms with van der Waals surface area (Å²) in [6, 6.07) is 3.43. The van der Waals surface area contributed by atoms with Gasteiger partial charge in [0.2, 0.25) is 0 Å². The molecule has 0 heterocycles. The van der Waals surface area contributed by atoms with E-state index in [1.807, 2.05) is 0 Å². The Morgan fingerprint density at radius 2 is 2.06 bits per heavy atom. The van der Waals surface area contributed by atoms with E-state index in [-0.39, 0.29) is 5.82 Å². The first kappa shape index (κ1) is 14.5. The Hall–Kier alpha value is -0.610. The topological polar surface area (TPSA) is 35.2 Å². The Balaban J connectivity index is 2.51. The molecule has 0 saturated heterocycles. The van der Waals surface area contributed by atoms with Gasteiger partial charge in [0, 0.05) is 6.54 Å². The lowest BCUT2D eigenvalue weighted by Gasteiger charge is -2.10. The highest BCUT2D eigenvalue weighted by atomic mass is 79.9. The fourth-order valence-electron chi connectivity index (χ4n) is 1.55. The summed E-state index contributed by atoms with van der Waals surface area (Å²) in [4.78, 5) is 0. The van der Waals surface area contributed by atoms with Crippen LogP contribution in [0.2, 0.25) is 0 Å². The van der Waals surface area contributed by atoms with Gasteiger partial charge in [-0.15, -0.1) is 0 Å². The Morgan fingerprint density at radius 3 is 2.71 bits per heavy atom. The summed E-state index contributed by atoms with van der Waals surface area (Å²) < 4.78 is 19.6. The van der Waals surface area contributed by atoms with Crippen LogP contribution in [0.3, 0.4) is 0 Å². The van der Waals surface area contributed by atoms with Crippen molar-refractivity contribution in [1.82, 2.24) is 0 Å². The molecule has 0 amide bonds. The molecule has 1 aromatic carbocycles. The van der Waals surface area contributed by atoms with E-state index < -0.39 is 0 Å². The number of ether oxygens (including phenoxy) is 1. The minimum Gasteiger partial charge on any atom is -0.490 e. The first-order chi connectivity index (χ1) is 8.20. The van der Waals surface area contributed by atoms with E-state index in [1.54, 1.807) is 12.1 Å². The second kappa shape index (κ2) is 7.67. The lowest BCUT2D eigenvalue weighted by Crippen LogP contribution is -2.03. The van der Waals surface area contributed by atoms with Crippen LogP contribution in [-0.4, -0.2) is 6.61 Å². The van der Waals surface area contributed by atoms with E-state index in [2.05, 4.69) is 22.9 Å². The second-order valence-corrected chi connectivity index (χ2v) is 4.76. The molecule has 0 aliphatic carbocycles. The van der Waals surface area contributed by atoms with Gasteiger partial charge in [-0.05, 0) is 34.0 Å². The molecule has 0 unspecified atom stereocenters. The largest absolute Gasteiger partial charge is 0.490 e. The summed E-state index contributed by atoms with van der Waals surface area (Å²) in [6.45, 7) is 3.03. The lowest BCUT2D eigenvalue weighted by atomic mass is 10.2. The number of unbranched alkanes of at least 4 members (excludes halogenated alkanes) is 3. The predicted octanol–water partition coefficient (Wildman–Crippen LogP) is 4.01. The molecule has 0 atom stereocenters. The van der Waals surface area contributed by atoms with E-state index in [9.17, 15) is 4.39 Å². The number of hydrogen-bond donors (Lipinski definition) is 1. The zero-order valence-electron chi connectivity index (χ0n) is 10.1. The van der Waals surface area contributed by atoms with E-state index >= 15 is 0 Å². The van der Waals surface area contributed by atoms with Crippen molar-refractivity contribution in [2.45, 2.75) is 39.2 Å². The van der Waals surface area contributed by atoms with Crippen molar-refractivity contribution < 1.29 is 9.13 Å². The molecule has 17 heavy (non-hydrogen) atoms. The summed E-state index contributed by atoms with van der Waals surface area (Å²) in [5.41, 5.74) is 6.24. The third-order valence-electron chi connectivity index (χ3n) is 2.60. The summed E-state index contributed by atoms with van der Waals surface area (Å²) in [6.07, 6.45) is 4.47. The van der Waals surface area contributed by atoms with Crippen molar-refractivity contribution in [3.63, 3.8) is 0 Å². The zero-order valence-corrected chi connectivity index (χ0v) is 11.7. The third kappa shape index (κ3) is 4.28. The molecule has 4 heteroatoms. The van der Waals surface area contributed by atoms with Crippen LogP contribution < -0.4 is 10.5 Å². The maximum Gasteiger partial charge on any atom is 0.179 e. The predicted molar refractivity (Wildman–Crippen MR) is 71.6 cm³/mol. The van der Waals surface area contributed by atoms with E-state index in [0.29, 0.717) is 23.4 Å². The summed E-state index contributed by atoms with van der Waals surface area (Å²) in [5.74, 6) is -0.0611. The van der Waals surface area contributed by atoms with Crippen LogP contribution >= 0.6 is 15.9 Å². The standard InChI is InChI=1S/C13H19BrFNO/c1-2-3-4-5-8-17-11-7-6-10(9-16)12(14)13(11)15/h6-7H,2-5,8-9,16H2,1H3. The zero-order chi connectivity index (χ0) is 12.7. The van der Waals surface area contributed by atoms with Crippen molar-refractivity contribution in [1.29, 1.82) is 0 Å². The number of halogens is 2. The van der Waals surface area contributed by atoms with Crippen molar-refractivity contribution in [2.75, 3.05) is 6.61 Å². The maximum atomic E-state index is 13.8. The molecule has 0 aliphatic heterocycles.